The first-order valence-electron chi connectivity index (χ1n) is 4.36. The zero-order chi connectivity index (χ0) is 9.97. The van der Waals surface area contributed by atoms with Gasteiger partial charge < -0.3 is 9.64 Å². The Morgan fingerprint density at radius 3 is 3.07 bits per heavy atom. The first-order valence-corrected chi connectivity index (χ1v) is 5.68. The summed E-state index contributed by atoms with van der Waals surface area (Å²) in [4.78, 5) is 6.20. The minimum Gasteiger partial charge on any atom is -0.463 e. The van der Waals surface area contributed by atoms with Crippen LogP contribution in [0.2, 0.25) is 5.02 Å². The zero-order valence-corrected chi connectivity index (χ0v) is 9.44. The number of hydrogen-bond acceptors (Lipinski definition) is 4. The first kappa shape index (κ1) is 9.80. The largest absolute Gasteiger partial charge is 0.463 e. The second-order valence-electron chi connectivity index (χ2n) is 3.11. The fraction of sp³-hybridized carbons (Fsp3) is 0.444. The molecule has 1 aromatic rings. The standard InChI is InChI=1S/C9H11ClN2OS/c1-12(9-11-2-3-13-9)4-7-5-14-6-8(7)10/h5-6H,2-4H2,1H3. The predicted octanol–water partition coefficient (Wildman–Crippen LogP) is 2.22. The van der Waals surface area contributed by atoms with Crippen LogP contribution in [-0.4, -0.2) is 31.1 Å². The quantitative estimate of drug-likeness (QED) is 0.778. The van der Waals surface area contributed by atoms with Crippen LogP contribution >= 0.6 is 22.9 Å². The molecule has 0 atom stereocenters. The molecule has 0 unspecified atom stereocenters. The van der Waals surface area contributed by atoms with Gasteiger partial charge in [-0.2, -0.15) is 11.3 Å². The van der Waals surface area contributed by atoms with Crippen molar-refractivity contribution in [2.45, 2.75) is 6.54 Å². The van der Waals surface area contributed by atoms with E-state index in [0.717, 1.165) is 23.7 Å². The molecule has 1 aliphatic rings. The number of halogens is 1. The molecule has 0 amide bonds. The highest BCUT2D eigenvalue weighted by Gasteiger charge is 2.14. The molecular formula is C9H11ClN2OS. The maximum absolute atomic E-state index is 5.99. The topological polar surface area (TPSA) is 24.8 Å². The van der Waals surface area contributed by atoms with Gasteiger partial charge in [0.05, 0.1) is 11.6 Å². The molecule has 1 aliphatic heterocycles. The van der Waals surface area contributed by atoms with Crippen molar-refractivity contribution in [3.63, 3.8) is 0 Å². The Hall–Kier alpha value is -0.740. The van der Waals surface area contributed by atoms with Gasteiger partial charge >= 0.3 is 0 Å². The van der Waals surface area contributed by atoms with Crippen molar-refractivity contribution >= 4 is 29.0 Å². The smallest absolute Gasteiger partial charge is 0.287 e. The van der Waals surface area contributed by atoms with Crippen LogP contribution in [0.5, 0.6) is 0 Å². The molecule has 0 saturated carbocycles. The molecular weight excluding hydrogens is 220 g/mol. The van der Waals surface area contributed by atoms with Crippen molar-refractivity contribution in [2.24, 2.45) is 4.99 Å². The van der Waals surface area contributed by atoms with Crippen LogP contribution in [0.1, 0.15) is 5.56 Å². The summed E-state index contributed by atoms with van der Waals surface area (Å²) in [5, 5.41) is 4.80. The van der Waals surface area contributed by atoms with Crippen LogP contribution in [0, 0.1) is 0 Å². The number of nitrogens with zero attached hydrogens (tertiary/aromatic N) is 2. The predicted molar refractivity (Wildman–Crippen MR) is 59.1 cm³/mol. The molecule has 0 aliphatic carbocycles. The van der Waals surface area contributed by atoms with Gasteiger partial charge in [-0.1, -0.05) is 11.6 Å². The van der Waals surface area contributed by atoms with E-state index >= 15 is 0 Å². The van der Waals surface area contributed by atoms with Crippen LogP contribution in [0.4, 0.5) is 0 Å². The summed E-state index contributed by atoms with van der Waals surface area (Å²) in [5.74, 6) is 0. The number of aliphatic imine (C=N–C) groups is 1. The summed E-state index contributed by atoms with van der Waals surface area (Å²) in [6, 6.07) is 0.715. The molecule has 0 N–H and O–H groups in total. The van der Waals surface area contributed by atoms with Gasteiger partial charge in [0.25, 0.3) is 6.02 Å². The van der Waals surface area contributed by atoms with E-state index in [1.807, 2.05) is 22.7 Å². The van der Waals surface area contributed by atoms with Gasteiger partial charge in [0, 0.05) is 24.5 Å². The Balaban J connectivity index is 2.01. The minimum atomic E-state index is 0.692. The van der Waals surface area contributed by atoms with E-state index < -0.39 is 0 Å². The first-order chi connectivity index (χ1) is 6.77. The van der Waals surface area contributed by atoms with Crippen LogP contribution < -0.4 is 0 Å². The molecule has 0 spiro atoms. The second-order valence-corrected chi connectivity index (χ2v) is 4.26. The summed E-state index contributed by atoms with van der Waals surface area (Å²) < 4.78 is 5.34. The van der Waals surface area contributed by atoms with E-state index in [1.54, 1.807) is 11.3 Å². The lowest BCUT2D eigenvalue weighted by molar-refractivity contribution is 0.280. The second kappa shape index (κ2) is 4.19. The number of ether oxygens (including phenoxy) is 1. The molecule has 0 bridgehead atoms. The van der Waals surface area contributed by atoms with Crippen molar-refractivity contribution in [1.82, 2.24) is 4.90 Å². The Kier molecular flexibility index (Phi) is 2.93. The molecule has 1 aromatic heterocycles. The van der Waals surface area contributed by atoms with E-state index in [-0.39, 0.29) is 0 Å². The molecule has 14 heavy (non-hydrogen) atoms. The van der Waals surface area contributed by atoms with Crippen molar-refractivity contribution in [3.05, 3.63) is 21.3 Å². The molecule has 0 saturated heterocycles. The lowest BCUT2D eigenvalue weighted by Gasteiger charge is -2.17. The van der Waals surface area contributed by atoms with Gasteiger partial charge in [-0.25, -0.2) is 4.99 Å². The molecule has 0 aromatic carbocycles. The Bertz CT molecular complexity index is 350. The molecule has 76 valence electrons. The van der Waals surface area contributed by atoms with Crippen molar-refractivity contribution < 1.29 is 4.74 Å². The van der Waals surface area contributed by atoms with Crippen molar-refractivity contribution in [2.75, 3.05) is 20.2 Å². The van der Waals surface area contributed by atoms with Gasteiger partial charge in [0.2, 0.25) is 0 Å². The average molecular weight is 231 g/mol. The van der Waals surface area contributed by atoms with Crippen LogP contribution in [-0.2, 0) is 11.3 Å². The van der Waals surface area contributed by atoms with Crippen molar-refractivity contribution in [3.8, 4) is 0 Å². The van der Waals surface area contributed by atoms with Crippen LogP contribution in [0.15, 0.2) is 15.8 Å². The maximum Gasteiger partial charge on any atom is 0.287 e. The molecule has 0 radical (unpaired) electrons. The SMILES string of the molecule is CN(Cc1cscc1Cl)C1=NCCO1. The van der Waals surface area contributed by atoms with E-state index in [9.17, 15) is 0 Å². The Morgan fingerprint density at radius 1 is 1.64 bits per heavy atom. The summed E-state index contributed by atoms with van der Waals surface area (Å²) >= 11 is 7.61. The summed E-state index contributed by atoms with van der Waals surface area (Å²) in [5.41, 5.74) is 1.12. The summed E-state index contributed by atoms with van der Waals surface area (Å²) in [7, 11) is 1.96. The fourth-order valence-electron chi connectivity index (χ4n) is 1.30. The third-order valence-electron chi connectivity index (χ3n) is 1.99. The summed E-state index contributed by atoms with van der Waals surface area (Å²) in [6.45, 7) is 2.20. The van der Waals surface area contributed by atoms with Gasteiger partial charge in [0.15, 0.2) is 0 Å². The normalized spacial score (nSPS) is 15.1. The zero-order valence-electron chi connectivity index (χ0n) is 7.86. The molecule has 5 heteroatoms. The molecule has 3 nitrogen and oxygen atoms in total. The highest BCUT2D eigenvalue weighted by Crippen LogP contribution is 2.22. The minimum absolute atomic E-state index is 0.692. The number of hydrogen-bond donors (Lipinski definition) is 0. The van der Waals surface area contributed by atoms with E-state index in [0.29, 0.717) is 12.6 Å². The van der Waals surface area contributed by atoms with Crippen LogP contribution in [0.3, 0.4) is 0 Å². The van der Waals surface area contributed by atoms with Gasteiger partial charge in [0.1, 0.15) is 6.61 Å². The van der Waals surface area contributed by atoms with Crippen LogP contribution in [0.25, 0.3) is 0 Å². The molecule has 0 fully saturated rings. The third-order valence-corrected chi connectivity index (χ3v) is 3.27. The van der Waals surface area contributed by atoms with Crippen molar-refractivity contribution in [1.29, 1.82) is 0 Å². The van der Waals surface area contributed by atoms with Gasteiger partial charge in [-0.05, 0) is 5.38 Å². The van der Waals surface area contributed by atoms with E-state index in [4.69, 9.17) is 16.3 Å². The molecule has 2 rings (SSSR count). The highest BCUT2D eigenvalue weighted by molar-refractivity contribution is 7.08. The van der Waals surface area contributed by atoms with Gasteiger partial charge in [-0.3, -0.25) is 0 Å². The lowest BCUT2D eigenvalue weighted by Crippen LogP contribution is -2.26. The monoisotopic (exact) mass is 230 g/mol. The Morgan fingerprint density at radius 2 is 2.50 bits per heavy atom. The Labute approximate surface area is 92.0 Å². The lowest BCUT2D eigenvalue weighted by atomic mass is 10.3. The fourth-order valence-corrected chi connectivity index (χ4v) is 2.34. The average Bonchev–Trinajstić information content (AvgIpc) is 2.77. The number of thiophene rings is 1. The van der Waals surface area contributed by atoms with E-state index in [1.165, 1.54) is 0 Å². The summed E-state index contributed by atoms with van der Waals surface area (Å²) in [6.07, 6.45) is 0. The number of rotatable bonds is 2. The maximum atomic E-state index is 5.99. The van der Waals surface area contributed by atoms with E-state index in [2.05, 4.69) is 4.99 Å². The third kappa shape index (κ3) is 2.01. The number of amidine groups is 1. The van der Waals surface area contributed by atoms with Gasteiger partial charge in [-0.15, -0.1) is 0 Å². The highest BCUT2D eigenvalue weighted by atomic mass is 35.5. The molecule has 2 heterocycles.